The van der Waals surface area contributed by atoms with Gasteiger partial charge in [-0.2, -0.15) is 0 Å². The highest BCUT2D eigenvalue weighted by molar-refractivity contribution is 6.04. The summed E-state index contributed by atoms with van der Waals surface area (Å²) in [5.41, 5.74) is 4.38. The number of amides is 2. The molecule has 3 rings (SSSR count). The van der Waals surface area contributed by atoms with Crippen LogP contribution in [0, 0.1) is 13.8 Å². The lowest BCUT2D eigenvalue weighted by molar-refractivity contribution is -0.115. The number of carbonyl (C=O) groups is 2. The molecule has 1 aliphatic carbocycles. The zero-order valence-corrected chi connectivity index (χ0v) is 16.2. The molecule has 2 aromatic rings. The van der Waals surface area contributed by atoms with Crippen LogP contribution in [0.2, 0.25) is 0 Å². The zero-order valence-electron chi connectivity index (χ0n) is 16.2. The normalized spacial score (nSPS) is 14.6. The highest BCUT2D eigenvalue weighted by Gasteiger charge is 2.19. The highest BCUT2D eigenvalue weighted by Crippen LogP contribution is 2.20. The maximum Gasteiger partial charge on any atom is 0.253 e. The van der Waals surface area contributed by atoms with E-state index in [0.29, 0.717) is 17.7 Å². The number of hydrogen-bond donors (Lipinski definition) is 2. The summed E-state index contributed by atoms with van der Waals surface area (Å²) in [4.78, 5) is 25.2. The third kappa shape index (κ3) is 5.19. The molecule has 0 spiro atoms. The standard InChI is InChI=1S/C23H28N2O2/c1-16-12-13-18(17(2)14-16)15-22(26)25-21-11-7-6-10-20(21)23(27)24-19-8-4-3-5-9-19/h6-7,10-14,19H,3-5,8-9,15H2,1-2H3,(H,24,27)(H,25,26). The molecule has 142 valence electrons. The first-order chi connectivity index (χ1) is 13.0. The van der Waals surface area contributed by atoms with Crippen LogP contribution in [0.5, 0.6) is 0 Å². The molecule has 1 aliphatic rings. The van der Waals surface area contributed by atoms with Gasteiger partial charge in [0.15, 0.2) is 0 Å². The minimum Gasteiger partial charge on any atom is -0.349 e. The molecule has 2 aromatic carbocycles. The Bertz CT molecular complexity index is 823. The number of rotatable bonds is 5. The second-order valence-electron chi connectivity index (χ2n) is 7.51. The van der Waals surface area contributed by atoms with E-state index in [2.05, 4.69) is 16.7 Å². The van der Waals surface area contributed by atoms with Gasteiger partial charge >= 0.3 is 0 Å². The van der Waals surface area contributed by atoms with E-state index in [4.69, 9.17) is 0 Å². The number of hydrogen-bond acceptors (Lipinski definition) is 2. The lowest BCUT2D eigenvalue weighted by atomic mass is 9.95. The summed E-state index contributed by atoms with van der Waals surface area (Å²) >= 11 is 0. The Morgan fingerprint density at radius 2 is 1.74 bits per heavy atom. The van der Waals surface area contributed by atoms with Crippen molar-refractivity contribution in [3.63, 3.8) is 0 Å². The Hall–Kier alpha value is -2.62. The molecule has 1 saturated carbocycles. The molecule has 0 heterocycles. The molecule has 4 nitrogen and oxygen atoms in total. The van der Waals surface area contributed by atoms with Gasteiger partial charge in [-0.3, -0.25) is 9.59 Å². The highest BCUT2D eigenvalue weighted by atomic mass is 16.2. The number of benzene rings is 2. The van der Waals surface area contributed by atoms with Crippen LogP contribution >= 0.6 is 0 Å². The third-order valence-electron chi connectivity index (χ3n) is 5.24. The Kier molecular flexibility index (Phi) is 6.28. The minimum absolute atomic E-state index is 0.107. The molecule has 4 heteroatoms. The van der Waals surface area contributed by atoms with E-state index in [9.17, 15) is 9.59 Å². The average molecular weight is 364 g/mol. The van der Waals surface area contributed by atoms with Crippen LogP contribution in [-0.2, 0) is 11.2 Å². The SMILES string of the molecule is Cc1ccc(CC(=O)Nc2ccccc2C(=O)NC2CCCCC2)c(C)c1. The fourth-order valence-corrected chi connectivity index (χ4v) is 3.71. The summed E-state index contributed by atoms with van der Waals surface area (Å²) in [6, 6.07) is 13.5. The van der Waals surface area contributed by atoms with Gasteiger partial charge in [-0.05, 0) is 49.9 Å². The molecule has 0 unspecified atom stereocenters. The van der Waals surface area contributed by atoms with Gasteiger partial charge in [0.05, 0.1) is 17.7 Å². The number of anilines is 1. The van der Waals surface area contributed by atoms with Gasteiger partial charge in [-0.25, -0.2) is 0 Å². The summed E-state index contributed by atoms with van der Waals surface area (Å²) < 4.78 is 0. The van der Waals surface area contributed by atoms with Gasteiger partial charge < -0.3 is 10.6 Å². The van der Waals surface area contributed by atoms with Crippen molar-refractivity contribution >= 4 is 17.5 Å². The van der Waals surface area contributed by atoms with Crippen LogP contribution in [0.25, 0.3) is 0 Å². The molecule has 2 N–H and O–H groups in total. The molecule has 0 radical (unpaired) electrons. The third-order valence-corrected chi connectivity index (χ3v) is 5.24. The van der Waals surface area contributed by atoms with E-state index < -0.39 is 0 Å². The quantitative estimate of drug-likeness (QED) is 0.818. The molecule has 0 bridgehead atoms. The van der Waals surface area contributed by atoms with E-state index >= 15 is 0 Å². The Labute approximate surface area is 161 Å². The summed E-state index contributed by atoms with van der Waals surface area (Å²) in [6.45, 7) is 4.05. The van der Waals surface area contributed by atoms with Gasteiger partial charge in [0.25, 0.3) is 5.91 Å². The molecule has 0 aliphatic heterocycles. The smallest absolute Gasteiger partial charge is 0.253 e. The average Bonchev–Trinajstić information content (AvgIpc) is 2.65. The molecule has 1 fully saturated rings. The van der Waals surface area contributed by atoms with Gasteiger partial charge in [0.1, 0.15) is 0 Å². The fraction of sp³-hybridized carbons (Fsp3) is 0.391. The van der Waals surface area contributed by atoms with E-state index in [1.807, 2.05) is 38.1 Å². The van der Waals surface area contributed by atoms with Crippen molar-refractivity contribution in [2.24, 2.45) is 0 Å². The number of para-hydroxylation sites is 1. The Morgan fingerprint density at radius 1 is 1.00 bits per heavy atom. The predicted molar refractivity (Wildman–Crippen MR) is 109 cm³/mol. The number of carbonyl (C=O) groups excluding carboxylic acids is 2. The molecular formula is C23H28N2O2. The predicted octanol–water partition coefficient (Wildman–Crippen LogP) is 4.55. The molecule has 27 heavy (non-hydrogen) atoms. The largest absolute Gasteiger partial charge is 0.349 e. The maximum absolute atomic E-state index is 12.7. The van der Waals surface area contributed by atoms with Crippen molar-refractivity contribution in [2.75, 3.05) is 5.32 Å². The van der Waals surface area contributed by atoms with E-state index in [0.717, 1.165) is 24.0 Å². The van der Waals surface area contributed by atoms with Crippen LogP contribution < -0.4 is 10.6 Å². The van der Waals surface area contributed by atoms with Gasteiger partial charge in [0.2, 0.25) is 5.91 Å². The van der Waals surface area contributed by atoms with Crippen molar-refractivity contribution in [1.29, 1.82) is 0 Å². The molecule has 0 atom stereocenters. The van der Waals surface area contributed by atoms with Crippen molar-refractivity contribution < 1.29 is 9.59 Å². The molecule has 0 aromatic heterocycles. The first-order valence-corrected chi connectivity index (χ1v) is 9.79. The lowest BCUT2D eigenvalue weighted by Crippen LogP contribution is -2.36. The Balaban J connectivity index is 1.67. The van der Waals surface area contributed by atoms with Crippen LogP contribution in [0.3, 0.4) is 0 Å². The summed E-state index contributed by atoms with van der Waals surface area (Å²) in [7, 11) is 0. The van der Waals surface area contributed by atoms with Crippen molar-refractivity contribution in [3.8, 4) is 0 Å². The van der Waals surface area contributed by atoms with E-state index in [1.54, 1.807) is 12.1 Å². The van der Waals surface area contributed by atoms with Gasteiger partial charge in [0, 0.05) is 6.04 Å². The first-order valence-electron chi connectivity index (χ1n) is 9.79. The molecular weight excluding hydrogens is 336 g/mol. The van der Waals surface area contributed by atoms with E-state index in [-0.39, 0.29) is 17.9 Å². The number of aryl methyl sites for hydroxylation is 2. The zero-order chi connectivity index (χ0) is 19.2. The van der Waals surface area contributed by atoms with Crippen LogP contribution in [0.1, 0.15) is 59.2 Å². The molecule has 2 amide bonds. The Morgan fingerprint density at radius 3 is 2.48 bits per heavy atom. The summed E-state index contributed by atoms with van der Waals surface area (Å²) in [6.07, 6.45) is 5.94. The summed E-state index contributed by atoms with van der Waals surface area (Å²) in [5, 5.41) is 6.04. The number of nitrogens with one attached hydrogen (secondary N) is 2. The second kappa shape index (κ2) is 8.85. The van der Waals surface area contributed by atoms with Crippen LogP contribution in [0.15, 0.2) is 42.5 Å². The maximum atomic E-state index is 12.7. The van der Waals surface area contributed by atoms with Crippen molar-refractivity contribution in [1.82, 2.24) is 5.32 Å². The van der Waals surface area contributed by atoms with Gasteiger partial charge in [-0.15, -0.1) is 0 Å². The van der Waals surface area contributed by atoms with E-state index in [1.165, 1.54) is 24.8 Å². The lowest BCUT2D eigenvalue weighted by Gasteiger charge is -2.23. The first kappa shape index (κ1) is 19.2. The van der Waals surface area contributed by atoms with Gasteiger partial charge in [-0.1, -0.05) is 55.2 Å². The topological polar surface area (TPSA) is 58.2 Å². The fourth-order valence-electron chi connectivity index (χ4n) is 3.71. The minimum atomic E-state index is -0.111. The second-order valence-corrected chi connectivity index (χ2v) is 7.51. The monoisotopic (exact) mass is 364 g/mol. The molecule has 0 saturated heterocycles. The van der Waals surface area contributed by atoms with Crippen LogP contribution in [-0.4, -0.2) is 17.9 Å². The van der Waals surface area contributed by atoms with Crippen molar-refractivity contribution in [2.45, 2.75) is 58.4 Å². The summed E-state index contributed by atoms with van der Waals surface area (Å²) in [5.74, 6) is -0.218. The van der Waals surface area contributed by atoms with Crippen molar-refractivity contribution in [3.05, 3.63) is 64.7 Å². The van der Waals surface area contributed by atoms with Crippen LogP contribution in [0.4, 0.5) is 5.69 Å².